The minimum atomic E-state index is -0.299. The van der Waals surface area contributed by atoms with Crippen LogP contribution in [0.25, 0.3) is 0 Å². The lowest BCUT2D eigenvalue weighted by molar-refractivity contribution is 0.0920. The van der Waals surface area contributed by atoms with Gasteiger partial charge >= 0.3 is 0 Å². The van der Waals surface area contributed by atoms with Gasteiger partial charge in [0.25, 0.3) is 5.91 Å². The van der Waals surface area contributed by atoms with Crippen LogP contribution in [0.2, 0.25) is 0 Å². The largest absolute Gasteiger partial charge is 0.379 e. The van der Waals surface area contributed by atoms with E-state index in [1.165, 1.54) is 0 Å². The number of aromatic nitrogens is 2. The van der Waals surface area contributed by atoms with Gasteiger partial charge in [0.05, 0.1) is 0 Å². The van der Waals surface area contributed by atoms with E-state index < -0.39 is 0 Å². The van der Waals surface area contributed by atoms with Crippen molar-refractivity contribution in [2.75, 3.05) is 5.73 Å². The molecule has 15 heavy (non-hydrogen) atoms. The first-order chi connectivity index (χ1) is 7.18. The summed E-state index contributed by atoms with van der Waals surface area (Å²) in [5.74, 6) is 0.251. The van der Waals surface area contributed by atoms with E-state index in [1.807, 2.05) is 0 Å². The number of nitrogen functional groups attached to an aromatic ring is 1. The lowest BCUT2D eigenvalue weighted by atomic mass is 10.1. The number of nitrogens with zero attached hydrogens (tertiary/aromatic N) is 2. The molecular weight excluding hydrogens is 196 g/mol. The van der Waals surface area contributed by atoms with Crippen LogP contribution < -0.4 is 11.1 Å². The minimum Gasteiger partial charge on any atom is -0.379 e. The summed E-state index contributed by atoms with van der Waals surface area (Å²) in [7, 11) is 0. The number of amides is 1. The molecule has 0 radical (unpaired) electrons. The molecule has 2 atom stereocenters. The topological polar surface area (TPSA) is 94.0 Å². The Morgan fingerprint density at radius 1 is 1.53 bits per heavy atom. The Balaban J connectivity index is 2.01. The predicted octanol–water partition coefficient (Wildman–Crippen LogP) is 0.570. The van der Waals surface area contributed by atoms with Gasteiger partial charge in [-0.25, -0.2) is 4.63 Å². The summed E-state index contributed by atoms with van der Waals surface area (Å²) in [6.45, 7) is 2.13. The van der Waals surface area contributed by atoms with Gasteiger partial charge in [-0.05, 0) is 29.1 Å². The van der Waals surface area contributed by atoms with Crippen molar-refractivity contribution in [2.24, 2.45) is 5.92 Å². The zero-order valence-corrected chi connectivity index (χ0v) is 8.56. The van der Waals surface area contributed by atoms with Gasteiger partial charge in [0.2, 0.25) is 11.5 Å². The molecule has 82 valence electrons. The second-order valence-electron chi connectivity index (χ2n) is 3.99. The van der Waals surface area contributed by atoms with E-state index in [4.69, 9.17) is 5.73 Å². The highest BCUT2D eigenvalue weighted by atomic mass is 16.6. The van der Waals surface area contributed by atoms with Gasteiger partial charge < -0.3 is 11.1 Å². The van der Waals surface area contributed by atoms with E-state index in [1.54, 1.807) is 0 Å². The fourth-order valence-corrected chi connectivity index (χ4v) is 1.95. The van der Waals surface area contributed by atoms with Crippen molar-refractivity contribution in [3.63, 3.8) is 0 Å². The lowest BCUT2D eigenvalue weighted by Gasteiger charge is -2.15. The van der Waals surface area contributed by atoms with Gasteiger partial charge in [0, 0.05) is 6.04 Å². The highest BCUT2D eigenvalue weighted by molar-refractivity contribution is 5.96. The molecule has 2 rings (SSSR count). The molecule has 6 heteroatoms. The molecule has 1 heterocycles. The van der Waals surface area contributed by atoms with Crippen molar-refractivity contribution in [2.45, 2.75) is 32.2 Å². The van der Waals surface area contributed by atoms with Crippen LogP contribution in [0, 0.1) is 5.92 Å². The zero-order valence-electron chi connectivity index (χ0n) is 8.56. The van der Waals surface area contributed by atoms with Crippen molar-refractivity contribution < 1.29 is 9.42 Å². The summed E-state index contributed by atoms with van der Waals surface area (Å²) in [6, 6.07) is 0.216. The molecule has 0 spiro atoms. The van der Waals surface area contributed by atoms with Crippen molar-refractivity contribution in [1.29, 1.82) is 0 Å². The number of nitrogens with two attached hydrogens (primary N) is 1. The number of anilines is 1. The fraction of sp³-hybridized carbons (Fsp3) is 0.667. The number of carbonyl (C=O) groups is 1. The summed E-state index contributed by atoms with van der Waals surface area (Å²) in [5.41, 5.74) is 5.50. The number of nitrogens with one attached hydrogen (secondary N) is 1. The third kappa shape index (κ3) is 1.93. The first kappa shape index (κ1) is 9.95. The van der Waals surface area contributed by atoms with E-state index in [0.29, 0.717) is 5.92 Å². The monoisotopic (exact) mass is 210 g/mol. The molecule has 1 aromatic heterocycles. The second kappa shape index (κ2) is 3.88. The smallest absolute Gasteiger partial charge is 0.277 e. The van der Waals surface area contributed by atoms with Crippen LogP contribution in [0.3, 0.4) is 0 Å². The van der Waals surface area contributed by atoms with E-state index in [9.17, 15) is 4.79 Å². The molecule has 0 aliphatic heterocycles. The van der Waals surface area contributed by atoms with Gasteiger partial charge in [0.15, 0.2) is 0 Å². The van der Waals surface area contributed by atoms with Crippen LogP contribution in [-0.2, 0) is 0 Å². The van der Waals surface area contributed by atoms with Crippen LogP contribution in [0.4, 0.5) is 5.82 Å². The van der Waals surface area contributed by atoms with E-state index >= 15 is 0 Å². The normalized spacial score (nSPS) is 25.4. The van der Waals surface area contributed by atoms with Crippen molar-refractivity contribution >= 4 is 11.7 Å². The highest BCUT2D eigenvalue weighted by Gasteiger charge is 2.27. The molecule has 6 nitrogen and oxygen atoms in total. The Kier molecular flexibility index (Phi) is 2.57. The Hall–Kier alpha value is -1.59. The maximum atomic E-state index is 11.7. The molecule has 2 unspecified atom stereocenters. The molecule has 0 bridgehead atoms. The zero-order chi connectivity index (χ0) is 10.8. The summed E-state index contributed by atoms with van der Waals surface area (Å²) in [4.78, 5) is 11.7. The van der Waals surface area contributed by atoms with Gasteiger partial charge in [-0.1, -0.05) is 13.3 Å². The van der Waals surface area contributed by atoms with Gasteiger partial charge in [-0.2, -0.15) is 0 Å². The van der Waals surface area contributed by atoms with Gasteiger partial charge in [-0.3, -0.25) is 4.79 Å². The first-order valence-electron chi connectivity index (χ1n) is 5.07. The summed E-state index contributed by atoms with van der Waals surface area (Å²) in [5, 5.41) is 9.71. The van der Waals surface area contributed by atoms with Crippen LogP contribution in [0.1, 0.15) is 36.7 Å². The Morgan fingerprint density at radius 2 is 2.33 bits per heavy atom. The van der Waals surface area contributed by atoms with Crippen molar-refractivity contribution in [1.82, 2.24) is 15.6 Å². The number of hydrogen-bond donors (Lipinski definition) is 2. The summed E-state index contributed by atoms with van der Waals surface area (Å²) < 4.78 is 4.37. The first-order valence-corrected chi connectivity index (χ1v) is 5.07. The predicted molar refractivity (Wildman–Crippen MR) is 53.0 cm³/mol. The third-order valence-corrected chi connectivity index (χ3v) is 2.91. The molecule has 1 saturated carbocycles. The van der Waals surface area contributed by atoms with Crippen molar-refractivity contribution in [3.05, 3.63) is 5.69 Å². The third-order valence-electron chi connectivity index (χ3n) is 2.91. The molecule has 3 N–H and O–H groups in total. The van der Waals surface area contributed by atoms with Crippen LogP contribution in [0.5, 0.6) is 0 Å². The Bertz CT molecular complexity index is 363. The number of carbonyl (C=O) groups excluding carboxylic acids is 1. The maximum Gasteiger partial charge on any atom is 0.277 e. The summed E-state index contributed by atoms with van der Waals surface area (Å²) in [6.07, 6.45) is 3.31. The fourth-order valence-electron chi connectivity index (χ4n) is 1.95. The number of rotatable bonds is 2. The molecule has 0 aromatic carbocycles. The maximum absolute atomic E-state index is 11.7. The molecular formula is C9H14N4O2. The molecule has 1 aliphatic carbocycles. The SMILES string of the molecule is CC1CCCC1NC(=O)c1nonc1N. The second-order valence-corrected chi connectivity index (χ2v) is 3.99. The van der Waals surface area contributed by atoms with E-state index in [-0.39, 0.29) is 23.5 Å². The quantitative estimate of drug-likeness (QED) is 0.744. The molecule has 1 aliphatic rings. The standard InChI is InChI=1S/C9H14N4O2/c1-5-3-2-4-6(5)11-9(14)7-8(10)13-15-12-7/h5-6H,2-4H2,1H3,(H2,10,13)(H,11,14). The van der Waals surface area contributed by atoms with E-state index in [2.05, 4.69) is 27.2 Å². The van der Waals surface area contributed by atoms with Gasteiger partial charge in [0.1, 0.15) is 0 Å². The van der Waals surface area contributed by atoms with Crippen LogP contribution in [0.15, 0.2) is 4.63 Å². The van der Waals surface area contributed by atoms with Gasteiger partial charge in [-0.15, -0.1) is 0 Å². The molecule has 0 saturated heterocycles. The summed E-state index contributed by atoms with van der Waals surface area (Å²) >= 11 is 0. The lowest BCUT2D eigenvalue weighted by Crippen LogP contribution is -2.36. The van der Waals surface area contributed by atoms with E-state index in [0.717, 1.165) is 19.3 Å². The average Bonchev–Trinajstić information content (AvgIpc) is 2.76. The van der Waals surface area contributed by atoms with Crippen LogP contribution in [-0.4, -0.2) is 22.3 Å². The highest BCUT2D eigenvalue weighted by Crippen LogP contribution is 2.25. The number of hydrogen-bond acceptors (Lipinski definition) is 5. The Labute approximate surface area is 87.2 Å². The van der Waals surface area contributed by atoms with Crippen molar-refractivity contribution in [3.8, 4) is 0 Å². The molecule has 1 fully saturated rings. The molecule has 1 aromatic rings. The Morgan fingerprint density at radius 3 is 2.87 bits per heavy atom. The van der Waals surface area contributed by atoms with Crippen LogP contribution >= 0.6 is 0 Å². The molecule has 1 amide bonds. The minimum absolute atomic E-state index is 0.0400. The average molecular weight is 210 g/mol.